The Morgan fingerprint density at radius 3 is 1.57 bits per heavy atom. The van der Waals surface area contributed by atoms with Gasteiger partial charge in [0.25, 0.3) is 0 Å². The number of aromatic nitrogens is 12. The van der Waals surface area contributed by atoms with Crippen molar-refractivity contribution in [3.05, 3.63) is 308 Å². The Hall–Kier alpha value is -13.2. The van der Waals surface area contributed by atoms with Crippen LogP contribution in [0.25, 0.3) is 180 Å². The lowest BCUT2D eigenvalue weighted by molar-refractivity contribution is 0.661. The molecule has 0 atom stereocenters. The highest BCUT2D eigenvalue weighted by atomic mass is 15.2. The largest absolute Gasteiger partial charge is 0.278 e. The molecule has 0 spiro atoms. The van der Waals surface area contributed by atoms with Crippen molar-refractivity contribution in [3.63, 3.8) is 0 Å². The number of para-hydroxylation sites is 4. The average molecular weight is 1260 g/mol. The summed E-state index contributed by atoms with van der Waals surface area (Å²) in [6.45, 7) is 8.95. The molecule has 0 saturated heterocycles. The van der Waals surface area contributed by atoms with Crippen LogP contribution in [0, 0.1) is 0 Å². The number of rotatable bonds is 10. The zero-order chi connectivity index (χ0) is 64.9. The minimum absolute atomic E-state index is 0.251. The Morgan fingerprint density at radius 1 is 0.306 bits per heavy atom. The van der Waals surface area contributed by atoms with E-state index < -0.39 is 0 Å². The normalized spacial score (nSPS) is 12.7. The SMILES string of the molecule is C=Cc1c(-c2ccccc2)nc(-c2cccc(-n3c4cc5c(cc4n4c6cc(-c7cccc(-c8nc(-c9ccccc9)nc(-n9c%10ccccc%10c%10cc%11c(cc%109)n(-c9ccccc9)c9nc%10ccccc%10n%119)n8)c7)ccc6nc34)-c3ccccc3C5(C)C)c2)nc1-c1ccccc1. The van der Waals surface area contributed by atoms with Crippen molar-refractivity contribution in [2.45, 2.75) is 19.3 Å². The predicted octanol–water partition coefficient (Wildman–Crippen LogP) is 20.2. The summed E-state index contributed by atoms with van der Waals surface area (Å²) in [7, 11) is 0. The van der Waals surface area contributed by atoms with Gasteiger partial charge < -0.3 is 0 Å². The average Bonchev–Trinajstić information content (AvgIpc) is 1.55. The molecule has 0 N–H and O–H groups in total. The molecule has 20 rings (SSSR count). The van der Waals surface area contributed by atoms with Gasteiger partial charge in [0.2, 0.25) is 17.5 Å². The number of hydrogen-bond acceptors (Lipinski definition) is 7. The lowest BCUT2D eigenvalue weighted by Crippen LogP contribution is -2.15. The first-order valence-electron chi connectivity index (χ1n) is 33.0. The molecule has 12 nitrogen and oxygen atoms in total. The van der Waals surface area contributed by atoms with Gasteiger partial charge in [-0.15, -0.1) is 0 Å². The van der Waals surface area contributed by atoms with E-state index in [0.29, 0.717) is 23.4 Å². The molecule has 1 aliphatic carbocycles. The van der Waals surface area contributed by atoms with Crippen molar-refractivity contribution in [2.24, 2.45) is 0 Å². The lowest BCUT2D eigenvalue weighted by atomic mass is 9.82. The summed E-state index contributed by atoms with van der Waals surface area (Å²) in [5.74, 6) is 3.86. The predicted molar refractivity (Wildman–Crippen MR) is 396 cm³/mol. The second kappa shape index (κ2) is 21.2. The van der Waals surface area contributed by atoms with Gasteiger partial charge in [-0.25, -0.2) is 24.9 Å². The Bertz CT molecular complexity index is 6470. The minimum Gasteiger partial charge on any atom is -0.278 e. The van der Waals surface area contributed by atoms with E-state index in [2.05, 4.69) is 267 Å². The number of fused-ring (bicyclic) bond motifs is 16. The van der Waals surface area contributed by atoms with E-state index in [9.17, 15) is 0 Å². The fourth-order valence-corrected chi connectivity index (χ4v) is 15.3. The van der Waals surface area contributed by atoms with Crippen LogP contribution >= 0.6 is 0 Å². The lowest BCUT2D eigenvalue weighted by Gasteiger charge is -2.21. The number of imidazole rings is 4. The van der Waals surface area contributed by atoms with Gasteiger partial charge in [0.1, 0.15) is 0 Å². The second-order valence-corrected chi connectivity index (χ2v) is 25.8. The molecule has 0 bridgehead atoms. The van der Waals surface area contributed by atoms with Crippen LogP contribution in [-0.2, 0) is 5.41 Å². The zero-order valence-electron chi connectivity index (χ0n) is 53.3. The van der Waals surface area contributed by atoms with Crippen molar-refractivity contribution in [1.29, 1.82) is 0 Å². The highest BCUT2D eigenvalue weighted by Crippen LogP contribution is 2.51. The van der Waals surface area contributed by atoms with E-state index >= 15 is 0 Å². The van der Waals surface area contributed by atoms with Gasteiger partial charge in [-0.05, 0) is 118 Å². The molecule has 0 aliphatic heterocycles. The van der Waals surface area contributed by atoms with Crippen molar-refractivity contribution in [1.82, 2.24) is 57.4 Å². The van der Waals surface area contributed by atoms with E-state index in [0.717, 1.165) is 145 Å². The second-order valence-electron chi connectivity index (χ2n) is 25.8. The molecule has 12 heteroatoms. The molecule has 0 fully saturated rings. The third-order valence-electron chi connectivity index (χ3n) is 19.9. The maximum atomic E-state index is 5.57. The Balaban J connectivity index is 0.761. The van der Waals surface area contributed by atoms with Gasteiger partial charge in [-0.2, -0.15) is 9.97 Å². The van der Waals surface area contributed by atoms with Crippen LogP contribution in [0.5, 0.6) is 0 Å². The zero-order valence-corrected chi connectivity index (χ0v) is 53.3. The first-order chi connectivity index (χ1) is 48.3. The number of benzene rings is 12. The van der Waals surface area contributed by atoms with Crippen LogP contribution < -0.4 is 0 Å². The van der Waals surface area contributed by atoms with Crippen molar-refractivity contribution < 1.29 is 0 Å². The summed E-state index contributed by atoms with van der Waals surface area (Å²) in [6, 6.07) is 100. The molecule has 0 saturated carbocycles. The Morgan fingerprint density at radius 2 is 0.837 bits per heavy atom. The van der Waals surface area contributed by atoms with Gasteiger partial charge in [-0.3, -0.25) is 22.5 Å². The first-order valence-corrected chi connectivity index (χ1v) is 33.0. The maximum absolute atomic E-state index is 5.57. The smallest absolute Gasteiger partial charge is 0.238 e. The first kappa shape index (κ1) is 55.3. The summed E-state index contributed by atoms with van der Waals surface area (Å²) in [6.07, 6.45) is 1.87. The highest BCUT2D eigenvalue weighted by molar-refractivity contribution is 6.14. The topological polar surface area (TPSA) is 114 Å². The third kappa shape index (κ3) is 8.27. The molecular formula is C86H56N12. The van der Waals surface area contributed by atoms with Gasteiger partial charge in [-0.1, -0.05) is 227 Å². The Labute approximate surface area is 561 Å². The van der Waals surface area contributed by atoms with Crippen LogP contribution in [0.1, 0.15) is 30.5 Å². The van der Waals surface area contributed by atoms with E-state index in [-0.39, 0.29) is 5.41 Å². The monoisotopic (exact) mass is 1260 g/mol. The van der Waals surface area contributed by atoms with Crippen LogP contribution in [-0.4, -0.2) is 57.4 Å². The van der Waals surface area contributed by atoms with Crippen LogP contribution in [0.15, 0.2) is 292 Å². The molecule has 7 heterocycles. The van der Waals surface area contributed by atoms with Crippen molar-refractivity contribution in [2.75, 3.05) is 0 Å². The highest BCUT2D eigenvalue weighted by Gasteiger charge is 2.37. The van der Waals surface area contributed by atoms with Crippen molar-refractivity contribution >= 4 is 83.6 Å². The summed E-state index contributed by atoms with van der Waals surface area (Å²) in [5.41, 5.74) is 25.8. The molecule has 0 unspecified atom stereocenters. The number of nitrogens with zero attached hydrogens (tertiary/aromatic N) is 12. The molecule has 460 valence electrons. The molecule has 0 radical (unpaired) electrons. The molecule has 98 heavy (non-hydrogen) atoms. The molecule has 0 amide bonds. The Kier molecular flexibility index (Phi) is 11.9. The van der Waals surface area contributed by atoms with Gasteiger partial charge in [0.15, 0.2) is 17.5 Å². The van der Waals surface area contributed by atoms with E-state index in [1.807, 2.05) is 66.7 Å². The fraction of sp³-hybridized carbons (Fsp3) is 0.0349. The maximum Gasteiger partial charge on any atom is 0.238 e. The molecule has 12 aromatic carbocycles. The molecular weight excluding hydrogens is 1200 g/mol. The summed E-state index contributed by atoms with van der Waals surface area (Å²) < 4.78 is 11.4. The van der Waals surface area contributed by atoms with Gasteiger partial charge >= 0.3 is 0 Å². The van der Waals surface area contributed by atoms with E-state index in [1.165, 1.54) is 22.3 Å². The third-order valence-corrected chi connectivity index (χ3v) is 19.9. The van der Waals surface area contributed by atoms with Gasteiger partial charge in [0, 0.05) is 60.9 Å². The molecule has 1 aliphatic rings. The van der Waals surface area contributed by atoms with Crippen LogP contribution in [0.2, 0.25) is 0 Å². The van der Waals surface area contributed by atoms with E-state index in [1.54, 1.807) is 0 Å². The van der Waals surface area contributed by atoms with E-state index in [4.69, 9.17) is 34.9 Å². The summed E-state index contributed by atoms with van der Waals surface area (Å²) in [5, 5.41) is 2.15. The number of hydrogen-bond donors (Lipinski definition) is 0. The summed E-state index contributed by atoms with van der Waals surface area (Å²) >= 11 is 0. The standard InChI is InChI=1S/C86H56N12/c1-4-61-78(52-25-9-5-10-26-52)89-81(90-79(61)53-27-11-6-12-28-53)58-33-24-36-60(46-58)95-76-50-67-64(62-37-17-19-39-66(62)86(67,2)3)48-74(76)98-73-47-56(43-44-69(73)88-85(95)98)55-31-23-32-57(45-55)82-91-80(54-29-13-7-14-30-54)92-83(93-82)96-70-41-21-18-38-63(70)65-49-75-77(51-72(65)96)94(59-34-15-8-16-35-59)84-87-68-40-20-22-42-71(68)97(75)84/h4-51H,1H2,2-3H3. The minimum atomic E-state index is -0.251. The fourth-order valence-electron chi connectivity index (χ4n) is 15.3. The quantitative estimate of drug-likeness (QED) is 0.134. The summed E-state index contributed by atoms with van der Waals surface area (Å²) in [4.78, 5) is 37.8. The van der Waals surface area contributed by atoms with Crippen molar-refractivity contribution in [3.8, 4) is 96.3 Å². The molecule has 19 aromatic rings. The van der Waals surface area contributed by atoms with Gasteiger partial charge in [0.05, 0.1) is 66.6 Å². The van der Waals surface area contributed by atoms with Crippen LogP contribution in [0.4, 0.5) is 0 Å². The molecule has 7 aromatic heterocycles. The van der Waals surface area contributed by atoms with Crippen LogP contribution in [0.3, 0.4) is 0 Å².